The number of benzene rings is 1. The summed E-state index contributed by atoms with van der Waals surface area (Å²) in [6.07, 6.45) is 3.13. The summed E-state index contributed by atoms with van der Waals surface area (Å²) in [5.74, 6) is -0.125. The van der Waals surface area contributed by atoms with Crippen LogP contribution in [0.5, 0.6) is 5.75 Å². The van der Waals surface area contributed by atoms with E-state index in [0.29, 0.717) is 24.8 Å². The molecule has 1 fully saturated rings. The van der Waals surface area contributed by atoms with Crippen molar-refractivity contribution in [3.63, 3.8) is 0 Å². The number of phenolic OH excluding ortho intramolecular Hbond substituents is 1. The fourth-order valence-electron chi connectivity index (χ4n) is 3.03. The topological polar surface area (TPSA) is 60.8 Å². The van der Waals surface area contributed by atoms with Crippen LogP contribution in [0.4, 0.5) is 0 Å². The van der Waals surface area contributed by atoms with Crippen LogP contribution in [0, 0.1) is 11.8 Å². The molecule has 1 aromatic rings. The van der Waals surface area contributed by atoms with Crippen molar-refractivity contribution >= 4 is 12.0 Å². The Balaban J connectivity index is 1.71. The molecule has 1 aliphatic carbocycles. The van der Waals surface area contributed by atoms with Crippen molar-refractivity contribution in [3.8, 4) is 5.75 Å². The second kappa shape index (κ2) is 4.94. The Morgan fingerprint density at radius 3 is 2.85 bits per heavy atom. The number of carboxylic acids is 1. The molecule has 0 amide bonds. The number of hydrogen-bond donors (Lipinski definition) is 2. The van der Waals surface area contributed by atoms with E-state index in [1.807, 2.05) is 12.1 Å². The highest BCUT2D eigenvalue weighted by Gasteiger charge is 2.33. The molecule has 1 aromatic carbocycles. The molecule has 106 valence electrons. The lowest BCUT2D eigenvalue weighted by Gasteiger charge is -2.38. The summed E-state index contributed by atoms with van der Waals surface area (Å²) in [6.45, 7) is 4.35. The Hall–Kier alpha value is -1.81. The van der Waals surface area contributed by atoms with Gasteiger partial charge in [0, 0.05) is 19.6 Å². The van der Waals surface area contributed by atoms with Gasteiger partial charge in [0.15, 0.2) is 0 Å². The van der Waals surface area contributed by atoms with Crippen LogP contribution in [0.2, 0.25) is 0 Å². The summed E-state index contributed by atoms with van der Waals surface area (Å²) in [6, 6.07) is 5.50. The van der Waals surface area contributed by atoms with E-state index in [4.69, 9.17) is 5.11 Å². The first kappa shape index (κ1) is 13.2. The minimum absolute atomic E-state index is 0.196. The summed E-state index contributed by atoms with van der Waals surface area (Å²) in [4.78, 5) is 13.0. The van der Waals surface area contributed by atoms with E-state index < -0.39 is 5.97 Å². The van der Waals surface area contributed by atoms with Gasteiger partial charge in [0.2, 0.25) is 0 Å². The highest BCUT2D eigenvalue weighted by Crippen LogP contribution is 2.32. The minimum atomic E-state index is -0.687. The van der Waals surface area contributed by atoms with Gasteiger partial charge in [0.05, 0.1) is 5.92 Å². The quantitative estimate of drug-likeness (QED) is 0.884. The van der Waals surface area contributed by atoms with Crippen LogP contribution < -0.4 is 0 Å². The van der Waals surface area contributed by atoms with Gasteiger partial charge in [-0.15, -0.1) is 0 Å². The summed E-state index contributed by atoms with van der Waals surface area (Å²) in [5.41, 5.74) is 3.71. The first-order chi connectivity index (χ1) is 9.52. The van der Waals surface area contributed by atoms with Crippen molar-refractivity contribution in [1.29, 1.82) is 0 Å². The van der Waals surface area contributed by atoms with E-state index in [-0.39, 0.29) is 5.92 Å². The van der Waals surface area contributed by atoms with E-state index in [0.717, 1.165) is 13.0 Å². The van der Waals surface area contributed by atoms with E-state index >= 15 is 0 Å². The molecule has 0 radical (unpaired) electrons. The maximum Gasteiger partial charge on any atom is 0.309 e. The Kier molecular flexibility index (Phi) is 3.26. The number of aromatic hydroxyl groups is 1. The molecule has 1 saturated heterocycles. The van der Waals surface area contributed by atoms with Crippen LogP contribution in [-0.2, 0) is 11.2 Å². The Morgan fingerprint density at radius 2 is 2.15 bits per heavy atom. The molecule has 0 aromatic heterocycles. The molecule has 20 heavy (non-hydrogen) atoms. The molecule has 4 nitrogen and oxygen atoms in total. The van der Waals surface area contributed by atoms with Gasteiger partial charge < -0.3 is 10.2 Å². The Labute approximate surface area is 118 Å². The molecular weight excluding hydrogens is 254 g/mol. The van der Waals surface area contributed by atoms with E-state index in [2.05, 4.69) is 17.9 Å². The molecule has 1 unspecified atom stereocenters. The molecule has 2 N–H and O–H groups in total. The summed E-state index contributed by atoms with van der Waals surface area (Å²) in [5, 5.41) is 18.4. The van der Waals surface area contributed by atoms with Crippen LogP contribution in [0.15, 0.2) is 23.8 Å². The molecule has 1 atom stereocenters. The zero-order valence-corrected chi connectivity index (χ0v) is 11.5. The third-order valence-corrected chi connectivity index (χ3v) is 4.34. The first-order valence-corrected chi connectivity index (χ1v) is 7.00. The fraction of sp³-hybridized carbons (Fsp3) is 0.438. The van der Waals surface area contributed by atoms with Crippen molar-refractivity contribution in [2.45, 2.75) is 13.3 Å². The van der Waals surface area contributed by atoms with Crippen LogP contribution in [-0.4, -0.2) is 40.7 Å². The van der Waals surface area contributed by atoms with Gasteiger partial charge in [-0.25, -0.2) is 0 Å². The lowest BCUT2D eigenvalue weighted by Crippen LogP contribution is -2.51. The normalized spacial score (nSPS) is 22.9. The van der Waals surface area contributed by atoms with Gasteiger partial charge >= 0.3 is 5.97 Å². The molecule has 0 bridgehead atoms. The number of aliphatic carboxylic acids is 1. The first-order valence-electron chi connectivity index (χ1n) is 7.00. The van der Waals surface area contributed by atoms with Gasteiger partial charge in [0.1, 0.15) is 5.75 Å². The number of carboxylic acid groups (broad SMARTS) is 1. The van der Waals surface area contributed by atoms with E-state index in [9.17, 15) is 9.90 Å². The number of likely N-dealkylation sites (tertiary alicyclic amines) is 1. The SMILES string of the molecule is CC1Cc2cc(O)ccc2C=C1CN1CC(C(=O)O)C1. The number of phenols is 1. The van der Waals surface area contributed by atoms with E-state index in [1.165, 1.54) is 16.7 Å². The largest absolute Gasteiger partial charge is 0.508 e. The maximum atomic E-state index is 10.8. The molecular formula is C16H19NO3. The molecule has 0 saturated carbocycles. The summed E-state index contributed by atoms with van der Waals surface area (Å²) in [7, 11) is 0. The van der Waals surface area contributed by atoms with Crippen molar-refractivity contribution in [2.75, 3.05) is 19.6 Å². The van der Waals surface area contributed by atoms with Gasteiger partial charge in [-0.2, -0.15) is 0 Å². The number of carbonyl (C=O) groups is 1. The van der Waals surface area contributed by atoms with Gasteiger partial charge in [-0.3, -0.25) is 9.69 Å². The van der Waals surface area contributed by atoms with Gasteiger partial charge in [0.25, 0.3) is 0 Å². The lowest BCUT2D eigenvalue weighted by atomic mass is 9.83. The molecule has 4 heteroatoms. The highest BCUT2D eigenvalue weighted by molar-refractivity contribution is 5.71. The van der Waals surface area contributed by atoms with Gasteiger partial charge in [-0.05, 0) is 35.6 Å². The zero-order valence-electron chi connectivity index (χ0n) is 11.5. The van der Waals surface area contributed by atoms with Crippen LogP contribution >= 0.6 is 0 Å². The third kappa shape index (κ3) is 2.43. The number of rotatable bonds is 3. The maximum absolute atomic E-state index is 10.8. The molecule has 3 rings (SSSR count). The second-order valence-corrected chi connectivity index (χ2v) is 5.94. The van der Waals surface area contributed by atoms with Crippen LogP contribution in [0.1, 0.15) is 18.1 Å². The lowest BCUT2D eigenvalue weighted by molar-refractivity contribution is -0.147. The Bertz CT molecular complexity index is 573. The standard InChI is InChI=1S/C16H19NO3/c1-10-4-12-6-15(18)3-2-11(12)5-13(10)7-17-8-14(9-17)16(19)20/h2-3,5-6,10,14,18H,4,7-9H2,1H3,(H,19,20). The Morgan fingerprint density at radius 1 is 1.40 bits per heavy atom. The third-order valence-electron chi connectivity index (χ3n) is 4.34. The van der Waals surface area contributed by atoms with Crippen molar-refractivity contribution in [2.24, 2.45) is 11.8 Å². The van der Waals surface area contributed by atoms with Crippen molar-refractivity contribution in [3.05, 3.63) is 34.9 Å². The summed E-state index contributed by atoms with van der Waals surface area (Å²) < 4.78 is 0. The summed E-state index contributed by atoms with van der Waals surface area (Å²) >= 11 is 0. The smallest absolute Gasteiger partial charge is 0.309 e. The number of hydrogen-bond acceptors (Lipinski definition) is 3. The van der Waals surface area contributed by atoms with Crippen LogP contribution in [0.25, 0.3) is 6.08 Å². The minimum Gasteiger partial charge on any atom is -0.508 e. The zero-order chi connectivity index (χ0) is 14.3. The molecule has 2 aliphatic rings. The average Bonchev–Trinajstić information content (AvgIpc) is 2.33. The number of fused-ring (bicyclic) bond motifs is 1. The van der Waals surface area contributed by atoms with Crippen molar-refractivity contribution < 1.29 is 15.0 Å². The fourth-order valence-corrected chi connectivity index (χ4v) is 3.03. The molecule has 0 spiro atoms. The predicted molar refractivity (Wildman–Crippen MR) is 76.5 cm³/mol. The molecule has 1 aliphatic heterocycles. The predicted octanol–water partition coefficient (Wildman–Crippen LogP) is 1.98. The van der Waals surface area contributed by atoms with E-state index in [1.54, 1.807) is 6.07 Å². The monoisotopic (exact) mass is 273 g/mol. The average molecular weight is 273 g/mol. The van der Waals surface area contributed by atoms with Crippen LogP contribution in [0.3, 0.4) is 0 Å². The number of nitrogens with zero attached hydrogens (tertiary/aromatic N) is 1. The second-order valence-electron chi connectivity index (χ2n) is 5.94. The highest BCUT2D eigenvalue weighted by atomic mass is 16.4. The van der Waals surface area contributed by atoms with Crippen molar-refractivity contribution in [1.82, 2.24) is 4.90 Å². The van der Waals surface area contributed by atoms with Gasteiger partial charge in [-0.1, -0.05) is 24.6 Å². The molecule has 1 heterocycles.